The summed E-state index contributed by atoms with van der Waals surface area (Å²) in [5, 5.41) is 8.73. The van der Waals surface area contributed by atoms with Crippen LogP contribution >= 0.6 is 12.2 Å². The SMILES string of the molecule is N#CCOc1ccc(C=C2C(=O)N(c3ccccc3)C(=S)N(c3ccccc3)C2=O)cc1. The quantitative estimate of drug-likeness (QED) is 0.336. The number of ether oxygens (including phenoxy) is 1. The highest BCUT2D eigenvalue weighted by Crippen LogP contribution is 2.29. The van der Waals surface area contributed by atoms with Crippen molar-refractivity contribution in [1.29, 1.82) is 5.26 Å². The predicted octanol–water partition coefficient (Wildman–Crippen LogP) is 4.34. The second-order valence-electron chi connectivity index (χ2n) is 6.81. The van der Waals surface area contributed by atoms with E-state index in [0.717, 1.165) is 0 Å². The van der Waals surface area contributed by atoms with E-state index < -0.39 is 11.8 Å². The molecule has 0 unspecified atom stereocenters. The summed E-state index contributed by atoms with van der Waals surface area (Å²) in [6.45, 7) is -0.0626. The van der Waals surface area contributed by atoms with E-state index in [0.29, 0.717) is 22.7 Å². The van der Waals surface area contributed by atoms with Gasteiger partial charge in [0.25, 0.3) is 11.8 Å². The van der Waals surface area contributed by atoms with E-state index in [1.807, 2.05) is 18.2 Å². The summed E-state index contributed by atoms with van der Waals surface area (Å²) in [6, 6.07) is 26.6. The molecule has 4 rings (SSSR count). The van der Waals surface area contributed by atoms with Gasteiger partial charge in [0.1, 0.15) is 17.4 Å². The summed E-state index contributed by atoms with van der Waals surface area (Å²) < 4.78 is 5.26. The fourth-order valence-corrected chi connectivity index (χ4v) is 3.66. The number of benzene rings is 3. The van der Waals surface area contributed by atoms with Crippen molar-refractivity contribution in [1.82, 2.24) is 0 Å². The molecule has 1 heterocycles. The zero-order valence-electron chi connectivity index (χ0n) is 16.8. The Labute approximate surface area is 190 Å². The van der Waals surface area contributed by atoms with Crippen molar-refractivity contribution < 1.29 is 14.3 Å². The Morgan fingerprint density at radius 1 is 0.812 bits per heavy atom. The second-order valence-corrected chi connectivity index (χ2v) is 7.17. The Balaban J connectivity index is 1.77. The number of nitriles is 1. The zero-order chi connectivity index (χ0) is 22.5. The van der Waals surface area contributed by atoms with Crippen LogP contribution < -0.4 is 14.5 Å². The highest BCUT2D eigenvalue weighted by Gasteiger charge is 2.41. The van der Waals surface area contributed by atoms with E-state index in [1.54, 1.807) is 72.8 Å². The van der Waals surface area contributed by atoms with E-state index in [-0.39, 0.29) is 17.3 Å². The average molecular weight is 439 g/mol. The Morgan fingerprint density at radius 3 is 1.78 bits per heavy atom. The first kappa shape index (κ1) is 21.0. The number of hydrogen-bond acceptors (Lipinski definition) is 5. The molecule has 0 aromatic heterocycles. The van der Waals surface area contributed by atoms with Crippen LogP contribution in [0.3, 0.4) is 0 Å². The minimum absolute atomic E-state index is 0.0167. The molecular weight excluding hydrogens is 422 g/mol. The Bertz CT molecular complexity index is 1170. The Kier molecular flexibility index (Phi) is 6.06. The van der Waals surface area contributed by atoms with Crippen LogP contribution in [0, 0.1) is 11.3 Å². The van der Waals surface area contributed by atoms with Crippen molar-refractivity contribution in [2.45, 2.75) is 0 Å². The van der Waals surface area contributed by atoms with Crippen LogP contribution in [0.4, 0.5) is 11.4 Å². The van der Waals surface area contributed by atoms with Gasteiger partial charge in [-0.05, 0) is 60.3 Å². The molecule has 0 spiro atoms. The van der Waals surface area contributed by atoms with E-state index in [9.17, 15) is 9.59 Å². The number of amides is 2. The first-order valence-corrected chi connectivity index (χ1v) is 10.2. The second kappa shape index (κ2) is 9.25. The van der Waals surface area contributed by atoms with Crippen molar-refractivity contribution in [2.75, 3.05) is 16.4 Å². The lowest BCUT2D eigenvalue weighted by atomic mass is 10.0. The average Bonchev–Trinajstić information content (AvgIpc) is 2.83. The van der Waals surface area contributed by atoms with Gasteiger partial charge in [0.05, 0.1) is 11.4 Å². The third-order valence-corrected chi connectivity index (χ3v) is 5.14. The maximum absolute atomic E-state index is 13.4. The van der Waals surface area contributed by atoms with Crippen LogP contribution in [-0.4, -0.2) is 23.5 Å². The van der Waals surface area contributed by atoms with Gasteiger partial charge in [0.15, 0.2) is 11.7 Å². The van der Waals surface area contributed by atoms with Crippen molar-refractivity contribution in [3.8, 4) is 11.8 Å². The van der Waals surface area contributed by atoms with E-state index in [1.165, 1.54) is 15.9 Å². The topological polar surface area (TPSA) is 73.6 Å². The number of para-hydroxylation sites is 2. The first-order chi connectivity index (χ1) is 15.6. The lowest BCUT2D eigenvalue weighted by Gasteiger charge is -2.36. The highest BCUT2D eigenvalue weighted by molar-refractivity contribution is 7.81. The fourth-order valence-electron chi connectivity index (χ4n) is 3.28. The van der Waals surface area contributed by atoms with E-state index >= 15 is 0 Å². The molecule has 1 saturated heterocycles. The van der Waals surface area contributed by atoms with Gasteiger partial charge in [-0.25, -0.2) is 0 Å². The standard InChI is InChI=1S/C25H17N3O3S/c26-15-16-31-21-13-11-18(12-14-21)17-22-23(29)27(19-7-3-1-4-8-19)25(32)28(24(22)30)20-9-5-2-6-10-20/h1-14,17H,16H2. The minimum Gasteiger partial charge on any atom is -0.479 e. The van der Waals surface area contributed by atoms with Gasteiger partial charge in [0, 0.05) is 0 Å². The molecule has 0 bridgehead atoms. The summed E-state index contributed by atoms with van der Waals surface area (Å²) in [4.78, 5) is 29.5. The van der Waals surface area contributed by atoms with Gasteiger partial charge in [0.2, 0.25) is 0 Å². The summed E-state index contributed by atoms with van der Waals surface area (Å²) in [6.07, 6.45) is 1.53. The number of carbonyl (C=O) groups is 2. The largest absolute Gasteiger partial charge is 0.479 e. The van der Waals surface area contributed by atoms with Crippen LogP contribution in [0.2, 0.25) is 0 Å². The van der Waals surface area contributed by atoms with E-state index in [2.05, 4.69) is 0 Å². The number of nitrogens with zero attached hydrogens (tertiary/aromatic N) is 3. The molecule has 0 N–H and O–H groups in total. The van der Waals surface area contributed by atoms with Gasteiger partial charge in [-0.15, -0.1) is 0 Å². The maximum atomic E-state index is 13.4. The Morgan fingerprint density at radius 2 is 1.31 bits per heavy atom. The molecule has 2 amide bonds. The molecule has 3 aromatic carbocycles. The van der Waals surface area contributed by atoms with Crippen LogP contribution in [0.5, 0.6) is 5.75 Å². The van der Waals surface area contributed by atoms with Crippen LogP contribution in [0.1, 0.15) is 5.56 Å². The smallest absolute Gasteiger partial charge is 0.270 e. The molecule has 0 atom stereocenters. The number of hydrogen-bond donors (Lipinski definition) is 0. The van der Waals surface area contributed by atoms with Crippen molar-refractivity contribution >= 4 is 46.6 Å². The van der Waals surface area contributed by atoms with Gasteiger partial charge in [-0.1, -0.05) is 48.5 Å². The molecule has 1 aliphatic rings. The van der Waals surface area contributed by atoms with Gasteiger partial charge < -0.3 is 4.74 Å². The Hall–Kier alpha value is -4.28. The summed E-state index contributed by atoms with van der Waals surface area (Å²) in [5.41, 5.74) is 1.76. The summed E-state index contributed by atoms with van der Waals surface area (Å²) >= 11 is 5.58. The number of thiocarbonyl (C=S) groups is 1. The molecule has 156 valence electrons. The highest BCUT2D eigenvalue weighted by atomic mass is 32.1. The van der Waals surface area contributed by atoms with Crippen molar-refractivity contribution in [3.05, 3.63) is 96.1 Å². The maximum Gasteiger partial charge on any atom is 0.270 e. The van der Waals surface area contributed by atoms with Gasteiger partial charge in [-0.3, -0.25) is 19.4 Å². The molecular formula is C25H17N3O3S. The number of carbonyl (C=O) groups excluding carboxylic acids is 2. The summed E-state index contributed by atoms with van der Waals surface area (Å²) in [7, 11) is 0. The van der Waals surface area contributed by atoms with Crippen molar-refractivity contribution in [2.24, 2.45) is 0 Å². The van der Waals surface area contributed by atoms with Crippen LogP contribution in [-0.2, 0) is 9.59 Å². The third kappa shape index (κ3) is 4.13. The monoisotopic (exact) mass is 439 g/mol. The fraction of sp³-hybridized carbons (Fsp3) is 0.0400. The summed E-state index contributed by atoms with van der Waals surface area (Å²) in [5.74, 6) is -0.473. The molecule has 0 aliphatic carbocycles. The molecule has 1 aliphatic heterocycles. The van der Waals surface area contributed by atoms with Gasteiger partial charge in [-0.2, -0.15) is 5.26 Å². The zero-order valence-corrected chi connectivity index (χ0v) is 17.7. The van der Waals surface area contributed by atoms with E-state index in [4.69, 9.17) is 22.2 Å². The minimum atomic E-state index is -0.497. The predicted molar refractivity (Wildman–Crippen MR) is 126 cm³/mol. The van der Waals surface area contributed by atoms with Crippen LogP contribution in [0.25, 0.3) is 6.08 Å². The lowest BCUT2D eigenvalue weighted by Crippen LogP contribution is -2.56. The lowest BCUT2D eigenvalue weighted by molar-refractivity contribution is -0.120. The molecule has 7 heteroatoms. The molecule has 32 heavy (non-hydrogen) atoms. The van der Waals surface area contributed by atoms with Gasteiger partial charge >= 0.3 is 0 Å². The molecule has 6 nitrogen and oxygen atoms in total. The first-order valence-electron chi connectivity index (χ1n) is 9.74. The molecule has 1 fully saturated rings. The molecule has 3 aromatic rings. The van der Waals surface area contributed by atoms with Crippen molar-refractivity contribution in [3.63, 3.8) is 0 Å². The molecule has 0 radical (unpaired) electrons. The normalized spacial score (nSPS) is 13.7. The number of rotatable bonds is 5. The number of anilines is 2. The third-order valence-electron chi connectivity index (χ3n) is 4.77. The van der Waals surface area contributed by atoms with Crippen LogP contribution in [0.15, 0.2) is 90.5 Å². The molecule has 0 saturated carbocycles.